The summed E-state index contributed by atoms with van der Waals surface area (Å²) in [6.07, 6.45) is 95.3. The van der Waals surface area contributed by atoms with Gasteiger partial charge in [-0.2, -0.15) is 0 Å². The van der Waals surface area contributed by atoms with Gasteiger partial charge in [-0.05, 0) is 89.9 Å². The van der Waals surface area contributed by atoms with Crippen molar-refractivity contribution < 1.29 is 28.6 Å². The van der Waals surface area contributed by atoms with Gasteiger partial charge in [0.05, 0.1) is 0 Å². The number of carbonyl (C=O) groups excluding carboxylic acids is 3. The summed E-state index contributed by atoms with van der Waals surface area (Å²) in [5, 5.41) is 0. The molecule has 0 saturated heterocycles. The average molecular weight is 1140 g/mol. The van der Waals surface area contributed by atoms with Crippen LogP contribution in [0.15, 0.2) is 109 Å². The summed E-state index contributed by atoms with van der Waals surface area (Å²) < 4.78 is 17.0. The Morgan fingerprint density at radius 3 is 0.744 bits per heavy atom. The molecule has 0 fully saturated rings. The third-order valence-corrected chi connectivity index (χ3v) is 15.0. The molecule has 0 aliphatic carbocycles. The second-order valence-electron chi connectivity index (χ2n) is 23.1. The van der Waals surface area contributed by atoms with Gasteiger partial charge < -0.3 is 14.2 Å². The molecule has 6 heteroatoms. The number of allylic oxidation sites excluding steroid dienone is 18. The number of carbonyl (C=O) groups is 3. The molecule has 1 unspecified atom stereocenters. The van der Waals surface area contributed by atoms with E-state index >= 15 is 0 Å². The molecule has 0 saturated carbocycles. The fraction of sp³-hybridized carbons (Fsp3) is 0.724. The molecule has 470 valence electrons. The van der Waals surface area contributed by atoms with Crippen LogP contribution in [-0.2, 0) is 28.6 Å². The molecule has 82 heavy (non-hydrogen) atoms. The summed E-state index contributed by atoms with van der Waals surface area (Å²) in [6, 6.07) is 0. The van der Waals surface area contributed by atoms with Gasteiger partial charge in [-0.25, -0.2) is 0 Å². The molecule has 6 nitrogen and oxygen atoms in total. The predicted octanol–water partition coefficient (Wildman–Crippen LogP) is 24.2. The Morgan fingerprint density at radius 2 is 0.476 bits per heavy atom. The van der Waals surface area contributed by atoms with E-state index in [0.29, 0.717) is 19.3 Å². The summed E-state index contributed by atoms with van der Waals surface area (Å²) in [4.78, 5) is 38.4. The van der Waals surface area contributed by atoms with E-state index in [9.17, 15) is 14.4 Å². The highest BCUT2D eigenvalue weighted by atomic mass is 16.6. The number of ether oxygens (including phenoxy) is 3. The van der Waals surface area contributed by atoms with E-state index in [2.05, 4.69) is 130 Å². The van der Waals surface area contributed by atoms with Crippen molar-refractivity contribution in [2.75, 3.05) is 13.2 Å². The van der Waals surface area contributed by atoms with Gasteiger partial charge in [0.2, 0.25) is 0 Å². The lowest BCUT2D eigenvalue weighted by Gasteiger charge is -2.18. The van der Waals surface area contributed by atoms with Crippen molar-refractivity contribution in [3.05, 3.63) is 109 Å². The smallest absolute Gasteiger partial charge is 0.306 e. The van der Waals surface area contributed by atoms with Gasteiger partial charge >= 0.3 is 17.9 Å². The SMILES string of the molecule is CC/C=C\C/C=C\C/C=C\C/C=C\C/C=C\C/C=C\C/C=C\C/C=C\C/C=C\CCCCCCCC(=O)OCC(COC(=O)CCCCCCCCCCCCCCC)OC(=O)CCCCCCCCCCCCCCCCCCCC. The van der Waals surface area contributed by atoms with E-state index in [1.54, 1.807) is 0 Å². The van der Waals surface area contributed by atoms with Crippen LogP contribution in [0, 0.1) is 0 Å². The van der Waals surface area contributed by atoms with Crippen LogP contribution in [0.4, 0.5) is 0 Å². The Hall–Kier alpha value is -3.93. The summed E-state index contributed by atoms with van der Waals surface area (Å²) in [5.41, 5.74) is 0. The zero-order valence-electron chi connectivity index (χ0n) is 54.0. The quantitative estimate of drug-likeness (QED) is 0.0261. The Kier molecular flexibility index (Phi) is 66.2. The van der Waals surface area contributed by atoms with Crippen molar-refractivity contribution >= 4 is 17.9 Å². The Bertz CT molecular complexity index is 1640. The molecule has 0 radical (unpaired) electrons. The number of rotatable bonds is 63. The van der Waals surface area contributed by atoms with Crippen LogP contribution in [0.25, 0.3) is 0 Å². The maximum atomic E-state index is 12.9. The van der Waals surface area contributed by atoms with Gasteiger partial charge in [0, 0.05) is 19.3 Å². The van der Waals surface area contributed by atoms with E-state index < -0.39 is 6.10 Å². The lowest BCUT2D eigenvalue weighted by Crippen LogP contribution is -2.30. The van der Waals surface area contributed by atoms with Gasteiger partial charge in [-0.3, -0.25) is 14.4 Å². The van der Waals surface area contributed by atoms with Crippen LogP contribution in [0.5, 0.6) is 0 Å². The van der Waals surface area contributed by atoms with Gasteiger partial charge in [-0.1, -0.05) is 336 Å². The fourth-order valence-electron chi connectivity index (χ4n) is 9.85. The minimum absolute atomic E-state index is 0.0795. The first-order valence-corrected chi connectivity index (χ1v) is 34.9. The first-order chi connectivity index (χ1) is 40.5. The standard InChI is InChI=1S/C76H130O6/c1-4-7-10-13-16-19-22-25-27-29-31-32-33-34-35-36-37-38-39-40-41-42-43-44-45-47-48-51-54-57-60-63-66-69-75(78)81-72-73(71-80-74(77)68-65-62-59-56-53-50-24-21-18-15-12-9-6-3)82-76(79)70-67-64-61-58-55-52-49-46-30-28-26-23-20-17-14-11-8-5-2/h7,10,16,19,25,27,31-32,34-35,37-38,40-41,43-44,47-48,73H,4-6,8-9,11-15,17-18,20-24,26,28-30,33,36,39,42,45-46,49-72H2,1-3H3/b10-7-,19-16-,27-25-,32-31-,35-34-,38-37-,41-40-,44-43-,48-47-. The number of hydrogen-bond acceptors (Lipinski definition) is 6. The van der Waals surface area contributed by atoms with Crippen LogP contribution in [0.3, 0.4) is 0 Å². The number of unbranched alkanes of at least 4 members (excludes halogenated alkanes) is 34. The molecule has 0 heterocycles. The highest BCUT2D eigenvalue weighted by molar-refractivity contribution is 5.71. The molecule has 0 bridgehead atoms. The predicted molar refractivity (Wildman–Crippen MR) is 357 cm³/mol. The van der Waals surface area contributed by atoms with Crippen molar-refractivity contribution in [2.45, 2.75) is 341 Å². The van der Waals surface area contributed by atoms with E-state index in [1.165, 1.54) is 161 Å². The summed E-state index contributed by atoms with van der Waals surface area (Å²) in [6.45, 7) is 6.55. The monoisotopic (exact) mass is 1140 g/mol. The zero-order chi connectivity index (χ0) is 59.2. The Morgan fingerprint density at radius 1 is 0.256 bits per heavy atom. The molecule has 0 aromatic rings. The lowest BCUT2D eigenvalue weighted by molar-refractivity contribution is -0.167. The summed E-state index contributed by atoms with van der Waals surface area (Å²) in [5.74, 6) is -0.884. The van der Waals surface area contributed by atoms with Gasteiger partial charge in [0.25, 0.3) is 0 Å². The van der Waals surface area contributed by atoms with Crippen molar-refractivity contribution in [1.29, 1.82) is 0 Å². The fourth-order valence-corrected chi connectivity index (χ4v) is 9.85. The van der Waals surface area contributed by atoms with Gasteiger partial charge in [-0.15, -0.1) is 0 Å². The molecular weight excluding hydrogens is 1010 g/mol. The van der Waals surface area contributed by atoms with Crippen LogP contribution < -0.4 is 0 Å². The molecule has 0 N–H and O–H groups in total. The topological polar surface area (TPSA) is 78.9 Å². The number of hydrogen-bond donors (Lipinski definition) is 0. The third kappa shape index (κ3) is 66.9. The van der Waals surface area contributed by atoms with E-state index in [4.69, 9.17) is 14.2 Å². The first-order valence-electron chi connectivity index (χ1n) is 34.9. The van der Waals surface area contributed by atoms with Gasteiger partial charge in [0.1, 0.15) is 13.2 Å². The largest absolute Gasteiger partial charge is 0.462 e. The molecule has 0 aliphatic rings. The van der Waals surface area contributed by atoms with E-state index in [1.807, 2.05) is 0 Å². The molecule has 0 rings (SSSR count). The van der Waals surface area contributed by atoms with E-state index in [0.717, 1.165) is 135 Å². The molecular formula is C76H130O6. The third-order valence-electron chi connectivity index (χ3n) is 15.0. The minimum Gasteiger partial charge on any atom is -0.462 e. The highest BCUT2D eigenvalue weighted by Gasteiger charge is 2.19. The Labute approximate surface area is 508 Å². The molecule has 1 atom stereocenters. The second-order valence-corrected chi connectivity index (χ2v) is 23.1. The minimum atomic E-state index is -0.785. The summed E-state index contributed by atoms with van der Waals surface area (Å²) >= 11 is 0. The van der Waals surface area contributed by atoms with Crippen LogP contribution >= 0.6 is 0 Å². The Balaban J connectivity index is 4.31. The van der Waals surface area contributed by atoms with Crippen molar-refractivity contribution in [3.8, 4) is 0 Å². The van der Waals surface area contributed by atoms with E-state index in [-0.39, 0.29) is 31.1 Å². The van der Waals surface area contributed by atoms with Gasteiger partial charge in [0.15, 0.2) is 6.10 Å². The highest BCUT2D eigenvalue weighted by Crippen LogP contribution is 2.17. The molecule has 0 spiro atoms. The molecule has 0 amide bonds. The average Bonchev–Trinajstić information content (AvgIpc) is 3.47. The van der Waals surface area contributed by atoms with Crippen LogP contribution in [-0.4, -0.2) is 37.2 Å². The molecule has 0 aliphatic heterocycles. The molecule has 0 aromatic heterocycles. The summed E-state index contributed by atoms with van der Waals surface area (Å²) in [7, 11) is 0. The number of esters is 3. The van der Waals surface area contributed by atoms with Crippen molar-refractivity contribution in [1.82, 2.24) is 0 Å². The maximum Gasteiger partial charge on any atom is 0.306 e. The van der Waals surface area contributed by atoms with Crippen LogP contribution in [0.1, 0.15) is 335 Å². The maximum absolute atomic E-state index is 12.9. The molecule has 0 aromatic carbocycles. The second kappa shape index (κ2) is 69.6. The van der Waals surface area contributed by atoms with Crippen molar-refractivity contribution in [3.63, 3.8) is 0 Å². The zero-order valence-corrected chi connectivity index (χ0v) is 54.0. The van der Waals surface area contributed by atoms with Crippen molar-refractivity contribution in [2.24, 2.45) is 0 Å². The lowest BCUT2D eigenvalue weighted by atomic mass is 10.0. The first kappa shape index (κ1) is 78.1. The van der Waals surface area contributed by atoms with Crippen LogP contribution in [0.2, 0.25) is 0 Å². The normalized spacial score (nSPS) is 12.8.